The van der Waals surface area contributed by atoms with Gasteiger partial charge < -0.3 is 16.2 Å². The smallest absolute Gasteiger partial charge is 0.342 e. The lowest BCUT2D eigenvalue weighted by molar-refractivity contribution is -0.136. The number of aromatic nitrogens is 1. The number of esters is 1. The van der Waals surface area contributed by atoms with Gasteiger partial charge in [-0.15, -0.1) is 0 Å². The SMILES string of the molecule is CCOC(=O)/C(=C(/N)C(C)C)c1cc(N)ccn1. The molecule has 0 amide bonds. The highest BCUT2D eigenvalue weighted by Gasteiger charge is 2.20. The molecule has 0 aliphatic heterocycles. The molecule has 0 spiro atoms. The monoisotopic (exact) mass is 249 g/mol. The first kappa shape index (κ1) is 14.0. The van der Waals surface area contributed by atoms with E-state index in [0.717, 1.165) is 0 Å². The Morgan fingerprint density at radius 3 is 2.67 bits per heavy atom. The number of carbonyl (C=O) groups is 1. The van der Waals surface area contributed by atoms with Gasteiger partial charge in [-0.25, -0.2) is 4.79 Å². The van der Waals surface area contributed by atoms with Crippen LogP contribution in [0.15, 0.2) is 24.0 Å². The summed E-state index contributed by atoms with van der Waals surface area (Å²) in [6.45, 7) is 5.84. The molecule has 5 heteroatoms. The van der Waals surface area contributed by atoms with Gasteiger partial charge in [0.1, 0.15) is 5.57 Å². The van der Waals surface area contributed by atoms with Crippen molar-refractivity contribution in [1.82, 2.24) is 4.98 Å². The highest BCUT2D eigenvalue weighted by atomic mass is 16.5. The van der Waals surface area contributed by atoms with E-state index < -0.39 is 5.97 Å². The van der Waals surface area contributed by atoms with Gasteiger partial charge >= 0.3 is 5.97 Å². The number of hydrogen-bond donors (Lipinski definition) is 2. The van der Waals surface area contributed by atoms with E-state index in [1.165, 1.54) is 6.20 Å². The summed E-state index contributed by atoms with van der Waals surface area (Å²) in [6.07, 6.45) is 1.54. The molecular weight excluding hydrogens is 230 g/mol. The quantitative estimate of drug-likeness (QED) is 0.624. The standard InChI is InChI=1S/C13H19N3O2/c1-4-18-13(17)11(12(15)8(2)3)10-7-9(14)5-6-16-10/h5-8H,4,15H2,1-3H3,(H2,14,16)/b12-11+. The maximum atomic E-state index is 12.0. The Morgan fingerprint density at radius 2 is 2.17 bits per heavy atom. The maximum absolute atomic E-state index is 12.0. The van der Waals surface area contributed by atoms with E-state index in [0.29, 0.717) is 22.7 Å². The van der Waals surface area contributed by atoms with Crippen LogP contribution in [0.3, 0.4) is 0 Å². The van der Waals surface area contributed by atoms with E-state index in [2.05, 4.69) is 4.98 Å². The van der Waals surface area contributed by atoms with Gasteiger partial charge in [-0.1, -0.05) is 13.8 Å². The fourth-order valence-electron chi connectivity index (χ4n) is 1.45. The predicted octanol–water partition coefficient (Wildman–Crippen LogP) is 1.55. The molecule has 0 fully saturated rings. The van der Waals surface area contributed by atoms with Crippen molar-refractivity contribution >= 4 is 17.2 Å². The van der Waals surface area contributed by atoms with Crippen LogP contribution in [0.5, 0.6) is 0 Å². The van der Waals surface area contributed by atoms with Crippen LogP contribution >= 0.6 is 0 Å². The molecule has 1 aromatic heterocycles. The summed E-state index contributed by atoms with van der Waals surface area (Å²) in [6, 6.07) is 3.26. The lowest BCUT2D eigenvalue weighted by Gasteiger charge is -2.13. The second-order valence-electron chi connectivity index (χ2n) is 4.18. The third kappa shape index (κ3) is 3.23. The van der Waals surface area contributed by atoms with Crippen molar-refractivity contribution in [2.24, 2.45) is 11.7 Å². The number of hydrogen-bond acceptors (Lipinski definition) is 5. The number of nitrogens with two attached hydrogens (primary N) is 2. The van der Waals surface area contributed by atoms with Gasteiger partial charge in [-0.2, -0.15) is 0 Å². The Bertz CT molecular complexity index is 467. The van der Waals surface area contributed by atoms with Crippen LogP contribution in [-0.4, -0.2) is 17.6 Å². The summed E-state index contributed by atoms with van der Waals surface area (Å²) in [5.74, 6) is -0.450. The normalized spacial score (nSPS) is 12.2. The minimum Gasteiger partial charge on any atom is -0.462 e. The minimum atomic E-state index is -0.471. The number of pyridine rings is 1. The fourth-order valence-corrected chi connectivity index (χ4v) is 1.45. The van der Waals surface area contributed by atoms with Crippen LogP contribution in [0.4, 0.5) is 5.69 Å². The number of anilines is 1. The van der Waals surface area contributed by atoms with Crippen molar-refractivity contribution in [1.29, 1.82) is 0 Å². The van der Waals surface area contributed by atoms with Crippen LogP contribution in [0, 0.1) is 5.92 Å². The molecule has 0 bridgehead atoms. The largest absolute Gasteiger partial charge is 0.462 e. The van der Waals surface area contributed by atoms with E-state index in [-0.39, 0.29) is 12.5 Å². The molecule has 0 aromatic carbocycles. The van der Waals surface area contributed by atoms with Crippen molar-refractivity contribution < 1.29 is 9.53 Å². The van der Waals surface area contributed by atoms with E-state index in [9.17, 15) is 4.79 Å². The Kier molecular flexibility index (Phi) is 4.71. The first-order valence-corrected chi connectivity index (χ1v) is 5.86. The summed E-state index contributed by atoms with van der Waals surface area (Å²) in [4.78, 5) is 16.1. The summed E-state index contributed by atoms with van der Waals surface area (Å²) in [7, 11) is 0. The molecule has 0 radical (unpaired) electrons. The Morgan fingerprint density at radius 1 is 1.50 bits per heavy atom. The first-order valence-electron chi connectivity index (χ1n) is 5.86. The molecule has 18 heavy (non-hydrogen) atoms. The third-order valence-electron chi connectivity index (χ3n) is 2.43. The molecule has 1 aromatic rings. The molecule has 0 saturated heterocycles. The molecule has 0 aliphatic carbocycles. The second kappa shape index (κ2) is 6.05. The Balaban J connectivity index is 3.30. The van der Waals surface area contributed by atoms with Crippen LogP contribution in [-0.2, 0) is 9.53 Å². The molecule has 1 heterocycles. The van der Waals surface area contributed by atoms with Gasteiger partial charge in [0.2, 0.25) is 0 Å². The molecule has 4 N–H and O–H groups in total. The lowest BCUT2D eigenvalue weighted by Crippen LogP contribution is -2.17. The molecule has 0 aliphatic rings. The minimum absolute atomic E-state index is 0.0210. The number of ether oxygens (including phenoxy) is 1. The molecular formula is C13H19N3O2. The number of nitrogens with zero attached hydrogens (tertiary/aromatic N) is 1. The molecule has 5 nitrogen and oxygen atoms in total. The average molecular weight is 249 g/mol. The van der Waals surface area contributed by atoms with Gasteiger partial charge in [0.15, 0.2) is 0 Å². The van der Waals surface area contributed by atoms with Crippen molar-refractivity contribution in [3.63, 3.8) is 0 Å². The zero-order valence-corrected chi connectivity index (χ0v) is 10.9. The van der Waals surface area contributed by atoms with Gasteiger partial charge in [0, 0.05) is 17.6 Å². The second-order valence-corrected chi connectivity index (χ2v) is 4.18. The summed E-state index contributed by atoms with van der Waals surface area (Å²) < 4.78 is 5.01. The molecule has 0 saturated carbocycles. The van der Waals surface area contributed by atoms with E-state index >= 15 is 0 Å². The number of nitrogen functional groups attached to an aromatic ring is 1. The van der Waals surface area contributed by atoms with Crippen molar-refractivity contribution in [2.45, 2.75) is 20.8 Å². The Labute approximate surface area is 107 Å². The lowest BCUT2D eigenvalue weighted by atomic mass is 10.0. The Hall–Kier alpha value is -2.04. The molecule has 1 rings (SSSR count). The summed E-state index contributed by atoms with van der Waals surface area (Å²) >= 11 is 0. The van der Waals surface area contributed by atoms with Gasteiger partial charge in [0.05, 0.1) is 12.3 Å². The predicted molar refractivity (Wildman–Crippen MR) is 71.2 cm³/mol. The van der Waals surface area contributed by atoms with Gasteiger partial charge in [-0.05, 0) is 25.0 Å². The van der Waals surface area contributed by atoms with E-state index in [1.54, 1.807) is 19.1 Å². The fraction of sp³-hybridized carbons (Fsp3) is 0.385. The average Bonchev–Trinajstić information content (AvgIpc) is 2.29. The highest BCUT2D eigenvalue weighted by Crippen LogP contribution is 2.22. The van der Waals surface area contributed by atoms with Crippen LogP contribution in [0.25, 0.3) is 5.57 Å². The molecule has 98 valence electrons. The van der Waals surface area contributed by atoms with Crippen LogP contribution in [0.1, 0.15) is 26.5 Å². The van der Waals surface area contributed by atoms with Gasteiger partial charge in [0.25, 0.3) is 0 Å². The number of rotatable bonds is 4. The van der Waals surface area contributed by atoms with Crippen LogP contribution in [0.2, 0.25) is 0 Å². The van der Waals surface area contributed by atoms with Crippen LogP contribution < -0.4 is 11.5 Å². The summed E-state index contributed by atoms with van der Waals surface area (Å²) in [5.41, 5.74) is 13.4. The first-order chi connectivity index (χ1) is 8.47. The van der Waals surface area contributed by atoms with Crippen molar-refractivity contribution in [2.75, 3.05) is 12.3 Å². The maximum Gasteiger partial charge on any atom is 0.342 e. The molecule has 0 atom stereocenters. The number of carbonyl (C=O) groups excluding carboxylic acids is 1. The van der Waals surface area contributed by atoms with Crippen molar-refractivity contribution in [3.8, 4) is 0 Å². The zero-order chi connectivity index (χ0) is 13.7. The van der Waals surface area contributed by atoms with Gasteiger partial charge in [-0.3, -0.25) is 4.98 Å². The third-order valence-corrected chi connectivity index (χ3v) is 2.43. The molecule has 0 unspecified atom stereocenters. The highest BCUT2D eigenvalue weighted by molar-refractivity contribution is 6.16. The summed E-state index contributed by atoms with van der Waals surface area (Å²) in [5, 5.41) is 0. The van der Waals surface area contributed by atoms with E-state index in [4.69, 9.17) is 16.2 Å². The number of allylic oxidation sites excluding steroid dienone is 1. The zero-order valence-electron chi connectivity index (χ0n) is 10.9. The van der Waals surface area contributed by atoms with Crippen molar-refractivity contribution in [3.05, 3.63) is 29.7 Å². The topological polar surface area (TPSA) is 91.2 Å². The van der Waals surface area contributed by atoms with E-state index in [1.807, 2.05) is 13.8 Å².